The molecule has 0 atom stereocenters. The number of anilines is 1. The largest absolute Gasteiger partial charge is 0.388 e. The van der Waals surface area contributed by atoms with E-state index in [4.69, 9.17) is 0 Å². The fraction of sp³-hybridized carbons (Fsp3) is 0.429. The molecule has 0 fully saturated rings. The lowest BCUT2D eigenvalue weighted by molar-refractivity contribution is -0.384. The predicted octanol–water partition coefficient (Wildman–Crippen LogP) is 2.50. The van der Waals surface area contributed by atoms with E-state index in [0.717, 1.165) is 0 Å². The number of hydrogen-bond donors (Lipinski definition) is 2. The first-order chi connectivity index (χ1) is 9.62. The third kappa shape index (κ3) is 2.92. The fourth-order valence-corrected chi connectivity index (χ4v) is 1.71. The molecule has 0 aliphatic carbocycles. The second-order valence-corrected chi connectivity index (χ2v) is 5.99. The van der Waals surface area contributed by atoms with Gasteiger partial charge in [0.1, 0.15) is 12.1 Å². The van der Waals surface area contributed by atoms with Crippen molar-refractivity contribution in [1.82, 2.24) is 9.97 Å². The Morgan fingerprint density at radius 3 is 2.48 bits per heavy atom. The minimum atomic E-state index is -1.01. The highest BCUT2D eigenvalue weighted by Gasteiger charge is 2.35. The smallest absolute Gasteiger partial charge is 0.270 e. The summed E-state index contributed by atoms with van der Waals surface area (Å²) in [5.74, 6) is 0.454. The van der Waals surface area contributed by atoms with Crippen molar-refractivity contribution in [2.75, 3.05) is 5.32 Å². The number of nitrogens with one attached hydrogen (secondary N) is 1. The van der Waals surface area contributed by atoms with Gasteiger partial charge in [-0.15, -0.1) is 0 Å². The molecule has 0 aliphatic rings. The van der Waals surface area contributed by atoms with Crippen molar-refractivity contribution >= 4 is 22.4 Å². The monoisotopic (exact) mass is 290 g/mol. The first-order valence-corrected chi connectivity index (χ1v) is 6.51. The Bertz CT molecular complexity index is 692. The van der Waals surface area contributed by atoms with Gasteiger partial charge < -0.3 is 10.4 Å². The standard InChI is InChI=1S/C14H18N4O3/c1-13(2,14(3,4)19)17-12-10-7-9(18(20)21)5-6-11(10)15-8-16-12/h5-8,19H,1-4H3,(H,15,16,17). The van der Waals surface area contributed by atoms with Crippen molar-refractivity contribution in [2.24, 2.45) is 0 Å². The quantitative estimate of drug-likeness (QED) is 0.662. The number of fused-ring (bicyclic) bond motifs is 1. The average Bonchev–Trinajstić information content (AvgIpc) is 2.36. The van der Waals surface area contributed by atoms with Crippen LogP contribution in [-0.4, -0.2) is 31.1 Å². The van der Waals surface area contributed by atoms with E-state index in [1.54, 1.807) is 19.9 Å². The molecule has 0 amide bonds. The zero-order valence-corrected chi connectivity index (χ0v) is 12.4. The highest BCUT2D eigenvalue weighted by molar-refractivity contribution is 5.90. The fourth-order valence-electron chi connectivity index (χ4n) is 1.71. The van der Waals surface area contributed by atoms with Gasteiger partial charge in [0.15, 0.2) is 0 Å². The van der Waals surface area contributed by atoms with Crippen molar-refractivity contribution in [3.8, 4) is 0 Å². The predicted molar refractivity (Wildman–Crippen MR) is 80.2 cm³/mol. The van der Waals surface area contributed by atoms with Crippen LogP contribution < -0.4 is 5.32 Å². The number of hydrogen-bond acceptors (Lipinski definition) is 6. The molecule has 7 heteroatoms. The molecule has 0 aliphatic heterocycles. The Morgan fingerprint density at radius 2 is 1.90 bits per heavy atom. The van der Waals surface area contributed by atoms with E-state index < -0.39 is 16.1 Å². The summed E-state index contributed by atoms with van der Waals surface area (Å²) >= 11 is 0. The molecule has 0 saturated carbocycles. The van der Waals surface area contributed by atoms with Crippen LogP contribution >= 0.6 is 0 Å². The van der Waals surface area contributed by atoms with Gasteiger partial charge in [0.2, 0.25) is 0 Å². The summed E-state index contributed by atoms with van der Waals surface area (Å²) in [6, 6.07) is 4.41. The minimum absolute atomic E-state index is 0.0265. The van der Waals surface area contributed by atoms with Gasteiger partial charge in [0.25, 0.3) is 5.69 Å². The van der Waals surface area contributed by atoms with Crippen LogP contribution in [0.3, 0.4) is 0 Å². The van der Waals surface area contributed by atoms with Gasteiger partial charge in [-0.25, -0.2) is 9.97 Å². The molecule has 2 rings (SSSR count). The number of non-ortho nitro benzene ring substituents is 1. The number of benzene rings is 1. The van der Waals surface area contributed by atoms with Crippen LogP contribution in [0.5, 0.6) is 0 Å². The second-order valence-electron chi connectivity index (χ2n) is 5.99. The van der Waals surface area contributed by atoms with Crippen molar-refractivity contribution < 1.29 is 10.0 Å². The maximum atomic E-state index is 10.9. The summed E-state index contributed by atoms with van der Waals surface area (Å²) in [4.78, 5) is 18.7. The molecule has 7 nitrogen and oxygen atoms in total. The first kappa shape index (κ1) is 15.1. The molecule has 0 saturated heterocycles. The van der Waals surface area contributed by atoms with Gasteiger partial charge in [-0.05, 0) is 33.8 Å². The minimum Gasteiger partial charge on any atom is -0.388 e. The number of rotatable bonds is 4. The number of nitro benzene ring substituents is 1. The molecule has 0 unspecified atom stereocenters. The summed E-state index contributed by atoms with van der Waals surface area (Å²) in [5.41, 5.74) is -1.12. The molecule has 0 spiro atoms. The van der Waals surface area contributed by atoms with Gasteiger partial charge in [0, 0.05) is 17.5 Å². The second kappa shape index (κ2) is 4.92. The highest BCUT2D eigenvalue weighted by Crippen LogP contribution is 2.30. The van der Waals surface area contributed by atoms with Crippen LogP contribution in [0.4, 0.5) is 11.5 Å². The lowest BCUT2D eigenvalue weighted by atomic mass is 9.86. The summed E-state index contributed by atoms with van der Waals surface area (Å²) in [7, 11) is 0. The van der Waals surface area contributed by atoms with Crippen molar-refractivity contribution in [3.63, 3.8) is 0 Å². The molecule has 2 aromatic rings. The Balaban J connectivity index is 2.54. The van der Waals surface area contributed by atoms with E-state index in [0.29, 0.717) is 16.7 Å². The van der Waals surface area contributed by atoms with E-state index >= 15 is 0 Å². The van der Waals surface area contributed by atoms with Crippen LogP contribution in [0.15, 0.2) is 24.5 Å². The molecule has 0 bridgehead atoms. The number of nitro groups is 1. The SMILES string of the molecule is CC(C)(O)C(C)(C)Nc1ncnc2ccc([N+](=O)[O-])cc12. The van der Waals surface area contributed by atoms with Crippen molar-refractivity contribution in [2.45, 2.75) is 38.8 Å². The van der Waals surface area contributed by atoms with E-state index in [1.807, 2.05) is 13.8 Å². The third-order valence-electron chi connectivity index (χ3n) is 3.79. The van der Waals surface area contributed by atoms with Crippen LogP contribution in [-0.2, 0) is 0 Å². The van der Waals surface area contributed by atoms with Gasteiger partial charge in [-0.2, -0.15) is 0 Å². The summed E-state index contributed by atoms with van der Waals surface area (Å²) in [5, 5.41) is 24.8. The van der Waals surface area contributed by atoms with Crippen LogP contribution in [0.2, 0.25) is 0 Å². The molecule has 112 valence electrons. The third-order valence-corrected chi connectivity index (χ3v) is 3.79. The molecule has 21 heavy (non-hydrogen) atoms. The van der Waals surface area contributed by atoms with E-state index in [1.165, 1.54) is 18.5 Å². The molecular weight excluding hydrogens is 272 g/mol. The van der Waals surface area contributed by atoms with E-state index in [-0.39, 0.29) is 5.69 Å². The molecule has 2 N–H and O–H groups in total. The zero-order chi connectivity index (χ0) is 15.8. The normalized spacial score (nSPS) is 12.4. The summed E-state index contributed by atoms with van der Waals surface area (Å²) in [6.45, 7) is 7.04. The molecule has 1 aromatic carbocycles. The number of aliphatic hydroxyl groups is 1. The maximum absolute atomic E-state index is 10.9. The van der Waals surface area contributed by atoms with Gasteiger partial charge in [-0.1, -0.05) is 0 Å². The average molecular weight is 290 g/mol. The van der Waals surface area contributed by atoms with Gasteiger partial charge >= 0.3 is 0 Å². The Kier molecular flexibility index (Phi) is 3.54. The molecule has 1 aromatic heterocycles. The molecular formula is C14H18N4O3. The molecule has 1 heterocycles. The Labute approximate surface area is 122 Å². The van der Waals surface area contributed by atoms with Gasteiger partial charge in [-0.3, -0.25) is 10.1 Å². The van der Waals surface area contributed by atoms with Crippen molar-refractivity contribution in [3.05, 3.63) is 34.6 Å². The van der Waals surface area contributed by atoms with Crippen LogP contribution in [0.1, 0.15) is 27.7 Å². The topological polar surface area (TPSA) is 101 Å². The van der Waals surface area contributed by atoms with Gasteiger partial charge in [0.05, 0.1) is 21.6 Å². The van der Waals surface area contributed by atoms with E-state index in [9.17, 15) is 15.2 Å². The lowest BCUT2D eigenvalue weighted by Crippen LogP contribution is -2.51. The first-order valence-electron chi connectivity index (χ1n) is 6.51. The Hall–Kier alpha value is -2.28. The maximum Gasteiger partial charge on any atom is 0.270 e. The summed E-state index contributed by atoms with van der Waals surface area (Å²) < 4.78 is 0. The number of nitrogens with zero attached hydrogens (tertiary/aromatic N) is 3. The number of aromatic nitrogens is 2. The van der Waals surface area contributed by atoms with Crippen molar-refractivity contribution in [1.29, 1.82) is 0 Å². The lowest BCUT2D eigenvalue weighted by Gasteiger charge is -2.38. The highest BCUT2D eigenvalue weighted by atomic mass is 16.6. The van der Waals surface area contributed by atoms with Crippen LogP contribution in [0.25, 0.3) is 10.9 Å². The Morgan fingerprint density at radius 1 is 1.24 bits per heavy atom. The zero-order valence-electron chi connectivity index (χ0n) is 12.4. The summed E-state index contributed by atoms with van der Waals surface area (Å²) in [6.07, 6.45) is 1.39. The van der Waals surface area contributed by atoms with Crippen LogP contribution in [0, 0.1) is 10.1 Å². The van der Waals surface area contributed by atoms with E-state index in [2.05, 4.69) is 15.3 Å². The molecule has 0 radical (unpaired) electrons.